The van der Waals surface area contributed by atoms with Crippen LogP contribution < -0.4 is 9.47 Å². The largest absolute Gasteiger partial charge is 0.478 e. The van der Waals surface area contributed by atoms with Crippen molar-refractivity contribution in [3.63, 3.8) is 0 Å². The van der Waals surface area contributed by atoms with Crippen LogP contribution in [0, 0.1) is 0 Å². The molecule has 0 unspecified atom stereocenters. The number of carbonyl (C=O) groups excluding carboxylic acids is 2. The van der Waals surface area contributed by atoms with Gasteiger partial charge in [0, 0.05) is 11.1 Å². The second kappa shape index (κ2) is 8.39. The molecule has 0 saturated carbocycles. The first-order chi connectivity index (χ1) is 17.5. The Morgan fingerprint density at radius 2 is 1.67 bits per heavy atom. The molecular formula is C29H18O7. The van der Waals surface area contributed by atoms with Crippen molar-refractivity contribution in [3.05, 3.63) is 113 Å². The molecule has 0 spiro atoms. The van der Waals surface area contributed by atoms with Gasteiger partial charge >= 0.3 is 11.9 Å². The number of carbonyl (C=O) groups is 3. The lowest BCUT2D eigenvalue weighted by Crippen LogP contribution is -2.21. The van der Waals surface area contributed by atoms with E-state index in [9.17, 15) is 14.4 Å². The Morgan fingerprint density at radius 1 is 0.889 bits per heavy atom. The first-order valence-corrected chi connectivity index (χ1v) is 11.3. The van der Waals surface area contributed by atoms with Crippen molar-refractivity contribution in [3.8, 4) is 22.8 Å². The summed E-state index contributed by atoms with van der Waals surface area (Å²) in [5, 5.41) is 9.13. The molecule has 7 heteroatoms. The molecule has 0 amide bonds. The lowest BCUT2D eigenvalue weighted by molar-refractivity contribution is -0.135. The molecule has 7 nitrogen and oxygen atoms in total. The molecule has 2 aliphatic heterocycles. The van der Waals surface area contributed by atoms with Crippen LogP contribution >= 0.6 is 0 Å². The summed E-state index contributed by atoms with van der Waals surface area (Å²) in [6.07, 6.45) is 1.70. The van der Waals surface area contributed by atoms with E-state index in [1.165, 1.54) is 12.1 Å². The Balaban J connectivity index is 1.39. The minimum Gasteiger partial charge on any atom is -0.478 e. The Bertz CT molecular complexity index is 1560. The van der Waals surface area contributed by atoms with Gasteiger partial charge in [-0.2, -0.15) is 0 Å². The number of benzene rings is 3. The molecule has 1 atom stereocenters. The molecule has 0 fully saturated rings. The van der Waals surface area contributed by atoms with Gasteiger partial charge in [-0.05, 0) is 48.0 Å². The number of furan rings is 1. The highest BCUT2D eigenvalue weighted by molar-refractivity contribution is 6.15. The number of fused-ring (bicyclic) bond motifs is 3. The summed E-state index contributed by atoms with van der Waals surface area (Å²) >= 11 is 0. The molecule has 0 aliphatic carbocycles. The Morgan fingerprint density at radius 3 is 2.42 bits per heavy atom. The molecule has 3 heterocycles. The maximum Gasteiger partial charge on any atom is 0.335 e. The number of esters is 1. The third-order valence-electron chi connectivity index (χ3n) is 6.26. The molecule has 36 heavy (non-hydrogen) atoms. The van der Waals surface area contributed by atoms with Crippen molar-refractivity contribution in [1.29, 1.82) is 0 Å². The van der Waals surface area contributed by atoms with Crippen LogP contribution in [0.1, 0.15) is 49.9 Å². The van der Waals surface area contributed by atoms with Gasteiger partial charge in [-0.15, -0.1) is 0 Å². The standard InChI is InChI=1S/C29H18O7/c30-25-15-20(22-13-12-21(34-22)17-6-8-18(9-7-17)29(32)33)26-23(35-25)11-10-19-27(31)24(36-28(19)26)14-16-4-2-1-3-5-16/h1-14,20H,15H2,(H,32,33)/b24-14-/t20-/m1/s1. The van der Waals surface area contributed by atoms with E-state index in [0.29, 0.717) is 39.7 Å². The average Bonchev–Trinajstić information content (AvgIpc) is 3.49. The van der Waals surface area contributed by atoms with Crippen molar-refractivity contribution < 1.29 is 33.4 Å². The Kier molecular flexibility index (Phi) is 5.04. The summed E-state index contributed by atoms with van der Waals surface area (Å²) in [7, 11) is 0. The molecule has 0 bridgehead atoms. The zero-order valence-corrected chi connectivity index (χ0v) is 18.8. The first-order valence-electron chi connectivity index (χ1n) is 11.3. The summed E-state index contributed by atoms with van der Waals surface area (Å²) < 4.78 is 17.6. The van der Waals surface area contributed by atoms with E-state index in [1.54, 1.807) is 42.5 Å². The quantitative estimate of drug-likeness (QED) is 0.228. The summed E-state index contributed by atoms with van der Waals surface area (Å²) in [6, 6.07) is 22.5. The van der Waals surface area contributed by atoms with Crippen LogP contribution in [0.2, 0.25) is 0 Å². The molecule has 1 aromatic heterocycles. The van der Waals surface area contributed by atoms with Crippen molar-refractivity contribution in [2.75, 3.05) is 0 Å². The second-order valence-corrected chi connectivity index (χ2v) is 8.52. The van der Waals surface area contributed by atoms with Crippen LogP contribution in [0.4, 0.5) is 0 Å². The molecular weight excluding hydrogens is 460 g/mol. The number of Topliss-reactive ketones (excluding diaryl/α,β-unsaturated/α-hetero) is 1. The van der Waals surface area contributed by atoms with Gasteiger partial charge in [0.15, 0.2) is 5.76 Å². The van der Waals surface area contributed by atoms with E-state index >= 15 is 0 Å². The van der Waals surface area contributed by atoms with E-state index in [0.717, 1.165) is 5.56 Å². The van der Waals surface area contributed by atoms with Gasteiger partial charge < -0.3 is 19.0 Å². The maximum atomic E-state index is 13.1. The van der Waals surface area contributed by atoms with E-state index in [1.807, 2.05) is 30.3 Å². The minimum absolute atomic E-state index is 0.0175. The molecule has 0 radical (unpaired) electrons. The summed E-state index contributed by atoms with van der Waals surface area (Å²) in [5.41, 5.74) is 2.68. The van der Waals surface area contributed by atoms with Crippen LogP contribution in [-0.4, -0.2) is 22.8 Å². The van der Waals surface area contributed by atoms with Gasteiger partial charge in [0.25, 0.3) is 0 Å². The molecule has 1 N–H and O–H groups in total. The maximum absolute atomic E-state index is 13.1. The second-order valence-electron chi connectivity index (χ2n) is 8.52. The van der Waals surface area contributed by atoms with Crippen molar-refractivity contribution in [1.82, 2.24) is 0 Å². The normalized spacial score (nSPS) is 17.3. The minimum atomic E-state index is -1.01. The summed E-state index contributed by atoms with van der Waals surface area (Å²) in [4.78, 5) is 36.7. The van der Waals surface area contributed by atoms with E-state index in [-0.39, 0.29) is 23.5 Å². The van der Waals surface area contributed by atoms with Crippen LogP contribution in [0.3, 0.4) is 0 Å². The van der Waals surface area contributed by atoms with Gasteiger partial charge in [0.2, 0.25) is 5.78 Å². The zero-order chi connectivity index (χ0) is 24.8. The smallest absolute Gasteiger partial charge is 0.335 e. The molecule has 4 aromatic rings. The van der Waals surface area contributed by atoms with Gasteiger partial charge in [-0.1, -0.05) is 42.5 Å². The van der Waals surface area contributed by atoms with Crippen molar-refractivity contribution in [2.24, 2.45) is 0 Å². The Hall–Kier alpha value is -4.91. The monoisotopic (exact) mass is 478 g/mol. The third kappa shape index (κ3) is 3.67. The number of hydrogen-bond acceptors (Lipinski definition) is 6. The van der Waals surface area contributed by atoms with Crippen LogP contribution in [0.15, 0.2) is 89.0 Å². The fourth-order valence-corrected chi connectivity index (χ4v) is 4.52. The van der Waals surface area contributed by atoms with Crippen molar-refractivity contribution >= 4 is 23.8 Å². The SMILES string of the molecule is O=C1C[C@H](c2ccc(-c3ccc(C(=O)O)cc3)o2)c2c(ccc3c2O/C(=C\c2ccccc2)C3=O)O1. The number of aromatic carboxylic acids is 1. The molecule has 3 aromatic carbocycles. The van der Waals surface area contributed by atoms with Crippen LogP contribution in [-0.2, 0) is 4.79 Å². The molecule has 176 valence electrons. The number of carboxylic acid groups (broad SMARTS) is 1. The lowest BCUT2D eigenvalue weighted by atomic mass is 9.88. The highest BCUT2D eigenvalue weighted by Crippen LogP contribution is 2.49. The molecule has 2 aliphatic rings. The molecule has 6 rings (SSSR count). The summed E-state index contributed by atoms with van der Waals surface area (Å²) in [5.74, 6) is -0.277. The third-order valence-corrected chi connectivity index (χ3v) is 6.26. The van der Waals surface area contributed by atoms with Gasteiger partial charge in [0.1, 0.15) is 23.0 Å². The number of carboxylic acids is 1. The first kappa shape index (κ1) is 21.6. The topological polar surface area (TPSA) is 103 Å². The number of hydrogen-bond donors (Lipinski definition) is 1. The average molecular weight is 478 g/mol. The number of ketones is 1. The summed E-state index contributed by atoms with van der Waals surface area (Å²) in [6.45, 7) is 0. The highest BCUT2D eigenvalue weighted by atomic mass is 16.5. The number of rotatable bonds is 4. The van der Waals surface area contributed by atoms with E-state index in [4.69, 9.17) is 19.0 Å². The van der Waals surface area contributed by atoms with Gasteiger partial charge in [-0.3, -0.25) is 9.59 Å². The number of ether oxygens (including phenoxy) is 2. The fourth-order valence-electron chi connectivity index (χ4n) is 4.52. The van der Waals surface area contributed by atoms with Crippen LogP contribution in [0.25, 0.3) is 17.4 Å². The van der Waals surface area contributed by atoms with Gasteiger partial charge in [-0.25, -0.2) is 4.79 Å². The highest BCUT2D eigenvalue weighted by Gasteiger charge is 2.39. The predicted molar refractivity (Wildman–Crippen MR) is 129 cm³/mol. The van der Waals surface area contributed by atoms with E-state index < -0.39 is 17.9 Å². The van der Waals surface area contributed by atoms with Crippen LogP contribution in [0.5, 0.6) is 11.5 Å². The van der Waals surface area contributed by atoms with Gasteiger partial charge in [0.05, 0.1) is 23.5 Å². The zero-order valence-electron chi connectivity index (χ0n) is 18.8. The number of allylic oxidation sites excluding steroid dienone is 1. The van der Waals surface area contributed by atoms with E-state index in [2.05, 4.69) is 0 Å². The predicted octanol–water partition coefficient (Wildman–Crippen LogP) is 5.70. The van der Waals surface area contributed by atoms with Crippen molar-refractivity contribution in [2.45, 2.75) is 12.3 Å². The lowest BCUT2D eigenvalue weighted by Gasteiger charge is -2.24. The Labute approximate surface area is 205 Å². The fraction of sp³-hybridized carbons (Fsp3) is 0.0690. The molecule has 0 saturated heterocycles.